The normalized spacial score (nSPS) is 19.8. The summed E-state index contributed by atoms with van der Waals surface area (Å²) in [7, 11) is 0. The van der Waals surface area contributed by atoms with Gasteiger partial charge in [-0.05, 0) is 40.7 Å². The number of hydrogen-bond donors (Lipinski definition) is 1. The third-order valence-electron chi connectivity index (χ3n) is 6.71. The second kappa shape index (κ2) is 8.50. The SMILES string of the molecule is O=C(O)C1CCC(c2ccccc2)CN1C(=O)OCC1c2ccccc2-c2ccccc21. The standard InChI is InChI=1S/C27H25NO4/c29-26(30)25-15-14-19(18-8-2-1-3-9-18)16-28(25)27(31)32-17-24-22-12-6-4-10-20(22)21-11-5-7-13-23(21)24/h1-13,19,24-25H,14-17H2,(H,29,30). The van der Waals surface area contributed by atoms with E-state index in [0.717, 1.165) is 34.2 Å². The summed E-state index contributed by atoms with van der Waals surface area (Å²) in [4.78, 5) is 26.4. The third-order valence-corrected chi connectivity index (χ3v) is 6.71. The summed E-state index contributed by atoms with van der Waals surface area (Å²) >= 11 is 0. The van der Waals surface area contributed by atoms with Crippen molar-refractivity contribution < 1.29 is 19.4 Å². The Hall–Kier alpha value is -3.60. The molecule has 1 N–H and O–H groups in total. The van der Waals surface area contributed by atoms with Crippen molar-refractivity contribution >= 4 is 12.1 Å². The Kier molecular flexibility index (Phi) is 5.39. The molecule has 5 heteroatoms. The van der Waals surface area contributed by atoms with Crippen molar-refractivity contribution in [3.63, 3.8) is 0 Å². The highest BCUT2D eigenvalue weighted by molar-refractivity contribution is 5.81. The van der Waals surface area contributed by atoms with Crippen molar-refractivity contribution in [1.82, 2.24) is 4.90 Å². The number of amides is 1. The van der Waals surface area contributed by atoms with E-state index < -0.39 is 18.1 Å². The number of fused-ring (bicyclic) bond motifs is 3. The molecule has 5 rings (SSSR count). The predicted molar refractivity (Wildman–Crippen MR) is 122 cm³/mol. The van der Waals surface area contributed by atoms with Crippen molar-refractivity contribution in [3.8, 4) is 11.1 Å². The first-order valence-corrected chi connectivity index (χ1v) is 11.0. The molecule has 1 fully saturated rings. The molecule has 1 saturated heterocycles. The third kappa shape index (κ3) is 3.64. The first kappa shape index (κ1) is 20.3. The minimum Gasteiger partial charge on any atom is -0.480 e. The molecule has 0 aromatic heterocycles. The summed E-state index contributed by atoms with van der Waals surface area (Å²) in [5.41, 5.74) is 5.71. The summed E-state index contributed by atoms with van der Waals surface area (Å²) in [5, 5.41) is 9.71. The zero-order valence-corrected chi connectivity index (χ0v) is 17.7. The van der Waals surface area contributed by atoms with Crippen LogP contribution in [-0.4, -0.2) is 41.3 Å². The number of carbonyl (C=O) groups is 2. The number of carbonyl (C=O) groups excluding carboxylic acids is 1. The van der Waals surface area contributed by atoms with Gasteiger partial charge in [-0.15, -0.1) is 0 Å². The monoisotopic (exact) mass is 427 g/mol. The molecule has 1 heterocycles. The lowest BCUT2D eigenvalue weighted by atomic mass is 9.87. The highest BCUT2D eigenvalue weighted by atomic mass is 16.6. The van der Waals surface area contributed by atoms with Gasteiger partial charge in [-0.2, -0.15) is 0 Å². The Balaban J connectivity index is 1.35. The molecule has 1 amide bonds. The van der Waals surface area contributed by atoms with Crippen LogP contribution in [0.15, 0.2) is 78.9 Å². The molecule has 5 nitrogen and oxygen atoms in total. The Morgan fingerprint density at radius 1 is 0.844 bits per heavy atom. The van der Waals surface area contributed by atoms with Crippen molar-refractivity contribution in [2.45, 2.75) is 30.7 Å². The average molecular weight is 428 g/mol. The smallest absolute Gasteiger partial charge is 0.410 e. The van der Waals surface area contributed by atoms with Crippen LogP contribution in [0.4, 0.5) is 4.79 Å². The number of carboxylic acid groups (broad SMARTS) is 1. The molecule has 1 aliphatic carbocycles. The maximum Gasteiger partial charge on any atom is 0.410 e. The Bertz CT molecular complexity index is 1100. The fourth-order valence-corrected chi connectivity index (χ4v) is 5.10. The molecular weight excluding hydrogens is 402 g/mol. The van der Waals surface area contributed by atoms with Crippen LogP contribution in [0.1, 0.15) is 41.4 Å². The zero-order valence-electron chi connectivity index (χ0n) is 17.7. The molecule has 2 unspecified atom stereocenters. The van der Waals surface area contributed by atoms with E-state index in [9.17, 15) is 14.7 Å². The minimum atomic E-state index is -0.981. The molecule has 0 saturated carbocycles. The van der Waals surface area contributed by atoms with Gasteiger partial charge in [0.05, 0.1) is 0 Å². The van der Waals surface area contributed by atoms with E-state index in [0.29, 0.717) is 13.0 Å². The lowest BCUT2D eigenvalue weighted by molar-refractivity contribution is -0.144. The number of ether oxygens (including phenoxy) is 1. The number of piperidine rings is 1. The van der Waals surface area contributed by atoms with Gasteiger partial charge in [0, 0.05) is 18.4 Å². The van der Waals surface area contributed by atoms with Crippen LogP contribution in [0.5, 0.6) is 0 Å². The van der Waals surface area contributed by atoms with E-state index in [1.807, 2.05) is 54.6 Å². The highest BCUT2D eigenvalue weighted by Gasteiger charge is 2.38. The van der Waals surface area contributed by atoms with Crippen LogP contribution >= 0.6 is 0 Å². The van der Waals surface area contributed by atoms with Crippen LogP contribution < -0.4 is 0 Å². The van der Waals surface area contributed by atoms with Gasteiger partial charge in [-0.25, -0.2) is 9.59 Å². The van der Waals surface area contributed by atoms with Crippen LogP contribution in [0.2, 0.25) is 0 Å². The summed E-state index contributed by atoms with van der Waals surface area (Å²) in [6.45, 7) is 0.531. The fourth-order valence-electron chi connectivity index (χ4n) is 5.10. The molecule has 0 radical (unpaired) electrons. The molecule has 3 aromatic carbocycles. The largest absolute Gasteiger partial charge is 0.480 e. The van der Waals surface area contributed by atoms with E-state index in [4.69, 9.17) is 4.74 Å². The second-order valence-electron chi connectivity index (χ2n) is 8.50. The summed E-state index contributed by atoms with van der Waals surface area (Å²) in [6, 6.07) is 25.4. The second-order valence-corrected chi connectivity index (χ2v) is 8.50. The minimum absolute atomic E-state index is 0.0515. The van der Waals surface area contributed by atoms with Gasteiger partial charge in [0.25, 0.3) is 0 Å². The maximum atomic E-state index is 13.1. The van der Waals surface area contributed by atoms with E-state index in [2.05, 4.69) is 24.3 Å². The molecule has 162 valence electrons. The summed E-state index contributed by atoms with van der Waals surface area (Å²) in [5.74, 6) is -0.929. The predicted octanol–water partition coefficient (Wildman–Crippen LogP) is 5.27. The van der Waals surface area contributed by atoms with Crippen molar-refractivity contribution in [2.75, 3.05) is 13.2 Å². The first-order valence-electron chi connectivity index (χ1n) is 11.0. The molecule has 3 aromatic rings. The van der Waals surface area contributed by atoms with Crippen molar-refractivity contribution in [2.24, 2.45) is 0 Å². The maximum absolute atomic E-state index is 13.1. The van der Waals surface area contributed by atoms with Gasteiger partial charge in [-0.3, -0.25) is 4.90 Å². The topological polar surface area (TPSA) is 66.8 Å². The van der Waals surface area contributed by atoms with E-state index >= 15 is 0 Å². The quantitative estimate of drug-likeness (QED) is 0.616. The van der Waals surface area contributed by atoms with Crippen LogP contribution in [0, 0.1) is 0 Å². The number of likely N-dealkylation sites (tertiary alicyclic amines) is 1. The van der Waals surface area contributed by atoms with Gasteiger partial charge in [0.2, 0.25) is 0 Å². The van der Waals surface area contributed by atoms with E-state index in [1.165, 1.54) is 4.90 Å². The molecule has 0 spiro atoms. The highest BCUT2D eigenvalue weighted by Crippen LogP contribution is 2.44. The number of carboxylic acids is 1. The van der Waals surface area contributed by atoms with Gasteiger partial charge >= 0.3 is 12.1 Å². The van der Waals surface area contributed by atoms with Gasteiger partial charge in [0.1, 0.15) is 12.6 Å². The fraction of sp³-hybridized carbons (Fsp3) is 0.259. The molecule has 2 aliphatic rings. The van der Waals surface area contributed by atoms with Gasteiger partial charge in [-0.1, -0.05) is 78.9 Å². The molecule has 0 bridgehead atoms. The van der Waals surface area contributed by atoms with Crippen molar-refractivity contribution in [3.05, 3.63) is 95.6 Å². The Morgan fingerprint density at radius 3 is 2.06 bits per heavy atom. The lowest BCUT2D eigenvalue weighted by Crippen LogP contribution is -2.50. The van der Waals surface area contributed by atoms with Crippen LogP contribution in [-0.2, 0) is 9.53 Å². The summed E-state index contributed by atoms with van der Waals surface area (Å²) < 4.78 is 5.77. The number of benzene rings is 3. The number of nitrogens with zero attached hydrogens (tertiary/aromatic N) is 1. The Morgan fingerprint density at radius 2 is 1.44 bits per heavy atom. The molecular formula is C27H25NO4. The average Bonchev–Trinajstić information content (AvgIpc) is 3.16. The van der Waals surface area contributed by atoms with Crippen molar-refractivity contribution in [1.29, 1.82) is 0 Å². The molecule has 2 atom stereocenters. The Labute approximate surface area is 187 Å². The van der Waals surface area contributed by atoms with E-state index in [-0.39, 0.29) is 18.4 Å². The molecule has 32 heavy (non-hydrogen) atoms. The first-order chi connectivity index (χ1) is 15.6. The number of aliphatic carboxylic acids is 1. The van der Waals surface area contributed by atoms with E-state index in [1.54, 1.807) is 0 Å². The van der Waals surface area contributed by atoms with Gasteiger partial charge < -0.3 is 9.84 Å². The van der Waals surface area contributed by atoms with Gasteiger partial charge in [0.15, 0.2) is 0 Å². The molecule has 1 aliphatic heterocycles. The number of rotatable bonds is 4. The summed E-state index contributed by atoms with van der Waals surface area (Å²) in [6.07, 6.45) is 0.590. The lowest BCUT2D eigenvalue weighted by Gasteiger charge is -2.37. The number of hydrogen-bond acceptors (Lipinski definition) is 3. The zero-order chi connectivity index (χ0) is 22.1. The van der Waals surface area contributed by atoms with Crippen LogP contribution in [0.3, 0.4) is 0 Å². The van der Waals surface area contributed by atoms with Crippen LogP contribution in [0.25, 0.3) is 11.1 Å².